The van der Waals surface area contributed by atoms with Gasteiger partial charge in [0.15, 0.2) is 0 Å². The number of rotatable bonds is 4. The zero-order valence-electron chi connectivity index (χ0n) is 39.3. The highest BCUT2D eigenvalue weighted by molar-refractivity contribution is 5.97. The van der Waals surface area contributed by atoms with Gasteiger partial charge in [-0.05, 0) is 120 Å². The van der Waals surface area contributed by atoms with Crippen molar-refractivity contribution in [3.63, 3.8) is 0 Å². The van der Waals surface area contributed by atoms with Crippen molar-refractivity contribution < 1.29 is 13.9 Å². The minimum atomic E-state index is -0.635. The molecule has 3 heterocycles. The summed E-state index contributed by atoms with van der Waals surface area (Å²) < 4.78 is 15.3. The summed E-state index contributed by atoms with van der Waals surface area (Å²) in [6.07, 6.45) is 11.3. The van der Waals surface area contributed by atoms with E-state index in [2.05, 4.69) is 197 Å². The zero-order chi connectivity index (χ0) is 44.6. The van der Waals surface area contributed by atoms with E-state index < -0.39 is 5.41 Å². The van der Waals surface area contributed by atoms with Gasteiger partial charge in [-0.1, -0.05) is 156 Å². The van der Waals surface area contributed by atoms with Crippen LogP contribution in [0.15, 0.2) is 128 Å². The Kier molecular flexibility index (Phi) is 8.85. The summed E-state index contributed by atoms with van der Waals surface area (Å²) >= 11 is 0. The van der Waals surface area contributed by atoms with E-state index in [0.29, 0.717) is 0 Å². The number of hydrogen-bond donors (Lipinski definition) is 0. The first-order valence-electron chi connectivity index (χ1n) is 22.5. The predicted octanol–water partition coefficient (Wildman–Crippen LogP) is 12.8. The van der Waals surface area contributed by atoms with Crippen LogP contribution in [0.2, 0.25) is 0 Å². The van der Waals surface area contributed by atoms with E-state index in [0.717, 1.165) is 34.1 Å². The van der Waals surface area contributed by atoms with Crippen LogP contribution in [0, 0.1) is 12.7 Å². The van der Waals surface area contributed by atoms with E-state index in [1.165, 1.54) is 61.2 Å². The quantitative estimate of drug-likeness (QED) is 0.128. The second-order valence-electron chi connectivity index (χ2n) is 22.1. The van der Waals surface area contributed by atoms with E-state index in [1.54, 1.807) is 0 Å². The minimum absolute atomic E-state index is 0.0483. The van der Waals surface area contributed by atoms with Gasteiger partial charge in [0.05, 0.1) is 40.6 Å². The number of aryl methyl sites for hydroxylation is 1. The summed E-state index contributed by atoms with van der Waals surface area (Å²) in [5, 5.41) is 0. The molecule has 1 aliphatic carbocycles. The van der Waals surface area contributed by atoms with E-state index in [1.807, 2.05) is 51.9 Å². The van der Waals surface area contributed by atoms with E-state index in [4.69, 9.17) is 4.74 Å². The van der Waals surface area contributed by atoms with Crippen molar-refractivity contribution >= 4 is 11.0 Å². The Balaban J connectivity index is 1.26. The van der Waals surface area contributed by atoms with Gasteiger partial charge >= 0.3 is 0 Å². The Hall–Kier alpha value is -6.20. The lowest BCUT2D eigenvalue weighted by Gasteiger charge is -2.45. The number of para-hydroxylation sites is 2. The van der Waals surface area contributed by atoms with Gasteiger partial charge in [-0.2, -0.15) is 0 Å². The van der Waals surface area contributed by atoms with Crippen molar-refractivity contribution in [2.24, 2.45) is 7.05 Å². The summed E-state index contributed by atoms with van der Waals surface area (Å²) in [5.41, 5.74) is 17.9. The van der Waals surface area contributed by atoms with Crippen molar-refractivity contribution in [2.75, 3.05) is 0 Å². The third-order valence-electron chi connectivity index (χ3n) is 13.5. The first-order valence-corrected chi connectivity index (χ1v) is 22.5. The SMILES string of the molecule is C[n+]1[c-]n2c3c(cccc31)C1(c3ccc(Oc4cccc(-[n+]5[c-]n(-c6ccccc6)cc5)c4)cc3-2)c2c(cc(C(C)(C)C)cc2C(C)(C)C)-c2cc(C(C)(C)C)cc(C(C)(C)C)c21. The molecule has 0 atom stereocenters. The highest BCUT2D eigenvalue weighted by atomic mass is 16.5. The molecule has 5 nitrogen and oxygen atoms in total. The van der Waals surface area contributed by atoms with Gasteiger partial charge in [-0.3, -0.25) is 9.13 Å². The van der Waals surface area contributed by atoms with Crippen LogP contribution in [0.4, 0.5) is 0 Å². The van der Waals surface area contributed by atoms with Gasteiger partial charge in [-0.15, -0.1) is 0 Å². The maximum absolute atomic E-state index is 6.87. The normalized spacial score (nSPS) is 14.2. The Morgan fingerprint density at radius 3 is 1.76 bits per heavy atom. The van der Waals surface area contributed by atoms with E-state index in [9.17, 15) is 0 Å². The molecule has 8 aromatic rings. The lowest BCUT2D eigenvalue weighted by atomic mass is 9.60. The highest BCUT2D eigenvalue weighted by Crippen LogP contribution is 2.64. The minimum Gasteiger partial charge on any atom is -0.459 e. The molecule has 2 aliphatic rings. The average Bonchev–Trinajstić information content (AvgIpc) is 3.93. The molecule has 0 unspecified atom stereocenters. The fourth-order valence-electron chi connectivity index (χ4n) is 10.2. The van der Waals surface area contributed by atoms with Crippen LogP contribution in [0.5, 0.6) is 11.5 Å². The molecule has 63 heavy (non-hydrogen) atoms. The molecule has 6 aromatic carbocycles. The molecule has 1 spiro atoms. The fourth-order valence-corrected chi connectivity index (χ4v) is 10.2. The maximum Gasteiger partial charge on any atom is 0.268 e. The second kappa shape index (κ2) is 13.6. The third-order valence-corrected chi connectivity index (χ3v) is 13.5. The average molecular weight is 829 g/mol. The molecular formula is C58H60N4O. The van der Waals surface area contributed by atoms with Crippen LogP contribution in [0.3, 0.4) is 0 Å². The second-order valence-corrected chi connectivity index (χ2v) is 22.1. The molecule has 318 valence electrons. The van der Waals surface area contributed by atoms with Crippen LogP contribution < -0.4 is 13.9 Å². The Morgan fingerprint density at radius 2 is 1.16 bits per heavy atom. The monoisotopic (exact) mass is 828 g/mol. The molecule has 0 saturated heterocycles. The van der Waals surface area contributed by atoms with Crippen LogP contribution >= 0.6 is 0 Å². The van der Waals surface area contributed by atoms with Gasteiger partial charge in [0.25, 0.3) is 6.33 Å². The molecule has 10 rings (SSSR count). The fraction of sp³-hybridized carbons (Fsp3) is 0.310. The molecule has 1 aliphatic heterocycles. The van der Waals surface area contributed by atoms with Gasteiger partial charge < -0.3 is 13.9 Å². The van der Waals surface area contributed by atoms with Crippen LogP contribution in [0.1, 0.15) is 128 Å². The lowest BCUT2D eigenvalue weighted by molar-refractivity contribution is -0.649. The summed E-state index contributed by atoms with van der Waals surface area (Å²) in [6, 6.07) is 42.4. The third kappa shape index (κ3) is 6.32. The Bertz CT molecular complexity index is 3050. The summed E-state index contributed by atoms with van der Waals surface area (Å²) in [5.74, 6) is 1.52. The van der Waals surface area contributed by atoms with Gasteiger partial charge in [0.1, 0.15) is 11.5 Å². The van der Waals surface area contributed by atoms with Gasteiger partial charge in [-0.25, -0.2) is 0 Å². The Morgan fingerprint density at radius 1 is 0.556 bits per heavy atom. The number of fused-ring (bicyclic) bond motifs is 9. The molecule has 0 amide bonds. The van der Waals surface area contributed by atoms with Crippen LogP contribution in [0.25, 0.3) is 39.2 Å². The van der Waals surface area contributed by atoms with Gasteiger partial charge in [0.2, 0.25) is 6.33 Å². The van der Waals surface area contributed by atoms with Crippen molar-refractivity contribution in [3.05, 3.63) is 185 Å². The Labute approximate surface area is 374 Å². The van der Waals surface area contributed by atoms with E-state index >= 15 is 0 Å². The lowest BCUT2D eigenvalue weighted by Crippen LogP contribution is -2.38. The number of aromatic nitrogens is 4. The molecule has 2 aromatic heterocycles. The highest BCUT2D eigenvalue weighted by Gasteiger charge is 2.54. The van der Waals surface area contributed by atoms with Crippen LogP contribution in [-0.2, 0) is 34.1 Å². The predicted molar refractivity (Wildman–Crippen MR) is 255 cm³/mol. The molecule has 0 saturated carbocycles. The summed E-state index contributed by atoms with van der Waals surface area (Å²) in [7, 11) is 2.12. The van der Waals surface area contributed by atoms with Crippen molar-refractivity contribution in [1.82, 2.24) is 9.13 Å². The molecule has 0 radical (unpaired) electrons. The standard InChI is InChI=1S/C58H60N4O/c1-54(2,3)37-29-43-44-30-38(55(4,5)6)32-48(57(10,11)12)52(44)58(51(43)47(31-37)56(7,8)9)45-26-25-42(34-50(45)62-35-59(13)49-24-18-23-46(58)53(49)62)63-41-22-17-21-40(33-41)61-28-27-60(36-61)39-19-15-14-16-20-39/h14-34H,1-13H3. The zero-order valence-corrected chi connectivity index (χ0v) is 39.3. The molecule has 0 N–H and O–H groups in total. The topological polar surface area (TPSA) is 26.8 Å². The van der Waals surface area contributed by atoms with E-state index in [-0.39, 0.29) is 21.7 Å². The largest absolute Gasteiger partial charge is 0.459 e. The molecule has 5 heteroatoms. The molecular weight excluding hydrogens is 769 g/mol. The molecule has 0 bridgehead atoms. The first-order chi connectivity index (χ1) is 29.7. The number of nitrogens with zero attached hydrogens (tertiary/aromatic N) is 4. The summed E-state index contributed by atoms with van der Waals surface area (Å²) in [6.45, 7) is 28.5. The van der Waals surface area contributed by atoms with Crippen molar-refractivity contribution in [2.45, 2.75) is 110 Å². The smallest absolute Gasteiger partial charge is 0.268 e. The number of benzene rings is 6. The van der Waals surface area contributed by atoms with Crippen molar-refractivity contribution in [3.8, 4) is 39.7 Å². The number of ether oxygens (including phenoxy) is 1. The van der Waals surface area contributed by atoms with Crippen molar-refractivity contribution in [1.29, 1.82) is 0 Å². The number of hydrogen-bond acceptors (Lipinski definition) is 1. The number of imidazole rings is 2. The summed E-state index contributed by atoms with van der Waals surface area (Å²) in [4.78, 5) is 0. The maximum atomic E-state index is 6.87. The first kappa shape index (κ1) is 40.8. The van der Waals surface area contributed by atoms with Crippen LogP contribution in [-0.4, -0.2) is 9.13 Å². The van der Waals surface area contributed by atoms with Gasteiger partial charge in [0, 0.05) is 12.4 Å². The molecule has 0 fully saturated rings.